The quantitative estimate of drug-likeness (QED) is 0.674. The second-order valence-electron chi connectivity index (χ2n) is 4.67. The summed E-state index contributed by atoms with van der Waals surface area (Å²) in [7, 11) is 0. The lowest BCUT2D eigenvalue weighted by atomic mass is 9.75. The summed E-state index contributed by atoms with van der Waals surface area (Å²) in [6, 6.07) is 0. The van der Waals surface area contributed by atoms with E-state index in [4.69, 9.17) is 5.73 Å². The summed E-state index contributed by atoms with van der Waals surface area (Å²) in [4.78, 5) is 10.8. The molecule has 0 aromatic rings. The van der Waals surface area contributed by atoms with E-state index in [1.54, 1.807) is 0 Å². The molecule has 1 aliphatic rings. The summed E-state index contributed by atoms with van der Waals surface area (Å²) in [6.45, 7) is 6.76. The van der Waals surface area contributed by atoms with Gasteiger partial charge in [0.1, 0.15) is 0 Å². The Balaban J connectivity index is 2.62. The van der Waals surface area contributed by atoms with Gasteiger partial charge in [-0.3, -0.25) is 4.79 Å². The smallest absolute Gasteiger partial charge is 0.217 e. The van der Waals surface area contributed by atoms with Gasteiger partial charge in [-0.2, -0.15) is 0 Å². The van der Waals surface area contributed by atoms with Gasteiger partial charge in [0.05, 0.1) is 0 Å². The highest BCUT2D eigenvalue weighted by molar-refractivity contribution is 5.74. The van der Waals surface area contributed by atoms with Crippen LogP contribution in [0.5, 0.6) is 0 Å². The first-order valence-corrected chi connectivity index (χ1v) is 4.73. The van der Waals surface area contributed by atoms with Crippen LogP contribution in [0.25, 0.3) is 0 Å². The SMILES string of the molecule is C[C@@H]1CC[C@H](CC(N)=O)C1(C)C. The molecule has 0 unspecified atom stereocenters. The third-order valence-corrected chi connectivity index (χ3v) is 3.72. The highest BCUT2D eigenvalue weighted by Crippen LogP contribution is 2.48. The van der Waals surface area contributed by atoms with Crippen molar-refractivity contribution < 1.29 is 4.79 Å². The number of nitrogens with two attached hydrogens (primary N) is 1. The Morgan fingerprint density at radius 1 is 1.50 bits per heavy atom. The van der Waals surface area contributed by atoms with Crippen molar-refractivity contribution in [3.05, 3.63) is 0 Å². The maximum Gasteiger partial charge on any atom is 0.217 e. The van der Waals surface area contributed by atoms with Crippen LogP contribution in [-0.4, -0.2) is 5.91 Å². The van der Waals surface area contributed by atoms with Gasteiger partial charge in [-0.25, -0.2) is 0 Å². The number of amides is 1. The van der Waals surface area contributed by atoms with Gasteiger partial charge in [-0.1, -0.05) is 20.8 Å². The van der Waals surface area contributed by atoms with Crippen LogP contribution in [0, 0.1) is 17.3 Å². The van der Waals surface area contributed by atoms with Crippen molar-refractivity contribution in [1.29, 1.82) is 0 Å². The first-order chi connectivity index (χ1) is 5.44. The number of carbonyl (C=O) groups is 1. The highest BCUT2D eigenvalue weighted by Gasteiger charge is 2.40. The molecule has 1 rings (SSSR count). The Kier molecular flexibility index (Phi) is 2.45. The number of carbonyl (C=O) groups excluding carboxylic acids is 1. The van der Waals surface area contributed by atoms with Crippen LogP contribution in [0.3, 0.4) is 0 Å². The van der Waals surface area contributed by atoms with Crippen LogP contribution >= 0.6 is 0 Å². The Bertz CT molecular complexity index is 186. The first kappa shape index (κ1) is 9.56. The van der Waals surface area contributed by atoms with E-state index in [2.05, 4.69) is 20.8 Å². The van der Waals surface area contributed by atoms with E-state index >= 15 is 0 Å². The van der Waals surface area contributed by atoms with Crippen LogP contribution < -0.4 is 5.73 Å². The number of hydrogen-bond acceptors (Lipinski definition) is 1. The van der Waals surface area contributed by atoms with E-state index in [-0.39, 0.29) is 5.91 Å². The van der Waals surface area contributed by atoms with Crippen LogP contribution in [0.2, 0.25) is 0 Å². The van der Waals surface area contributed by atoms with Crippen LogP contribution in [0.4, 0.5) is 0 Å². The monoisotopic (exact) mass is 169 g/mol. The lowest BCUT2D eigenvalue weighted by Crippen LogP contribution is -2.27. The minimum Gasteiger partial charge on any atom is -0.370 e. The van der Waals surface area contributed by atoms with Crippen molar-refractivity contribution in [2.45, 2.75) is 40.0 Å². The molecule has 1 amide bonds. The molecule has 12 heavy (non-hydrogen) atoms. The van der Waals surface area contributed by atoms with E-state index in [1.165, 1.54) is 6.42 Å². The summed E-state index contributed by atoms with van der Waals surface area (Å²) < 4.78 is 0. The average molecular weight is 169 g/mol. The van der Waals surface area contributed by atoms with Gasteiger partial charge in [-0.05, 0) is 30.1 Å². The molecule has 0 aromatic heterocycles. The molecule has 0 radical (unpaired) electrons. The lowest BCUT2D eigenvalue weighted by Gasteiger charge is -2.30. The Morgan fingerprint density at radius 3 is 2.42 bits per heavy atom. The van der Waals surface area contributed by atoms with Crippen LogP contribution in [0.1, 0.15) is 40.0 Å². The fourth-order valence-electron chi connectivity index (χ4n) is 2.21. The molecule has 2 N–H and O–H groups in total. The third kappa shape index (κ3) is 1.62. The zero-order valence-corrected chi connectivity index (χ0v) is 8.26. The normalized spacial score (nSPS) is 33.6. The standard InChI is InChI=1S/C10H19NO/c1-7-4-5-8(6-9(11)12)10(7,2)3/h7-8H,4-6H2,1-3H3,(H2,11,12)/t7-,8-/m1/s1. The van der Waals surface area contributed by atoms with Crippen molar-refractivity contribution in [1.82, 2.24) is 0 Å². The molecule has 1 fully saturated rings. The van der Waals surface area contributed by atoms with Gasteiger partial charge < -0.3 is 5.73 Å². The Hall–Kier alpha value is -0.530. The summed E-state index contributed by atoms with van der Waals surface area (Å²) in [5.74, 6) is 1.08. The fourth-order valence-corrected chi connectivity index (χ4v) is 2.21. The predicted molar refractivity (Wildman–Crippen MR) is 49.5 cm³/mol. The van der Waals surface area contributed by atoms with Gasteiger partial charge >= 0.3 is 0 Å². The van der Waals surface area contributed by atoms with Crippen LogP contribution in [0.15, 0.2) is 0 Å². The molecule has 0 heterocycles. The number of rotatable bonds is 2. The molecule has 1 aliphatic carbocycles. The van der Waals surface area contributed by atoms with Crippen molar-refractivity contribution in [2.24, 2.45) is 23.0 Å². The van der Waals surface area contributed by atoms with Crippen molar-refractivity contribution in [3.8, 4) is 0 Å². The highest BCUT2D eigenvalue weighted by atomic mass is 16.1. The molecule has 0 bridgehead atoms. The van der Waals surface area contributed by atoms with Crippen molar-refractivity contribution in [3.63, 3.8) is 0 Å². The maximum atomic E-state index is 10.8. The van der Waals surface area contributed by atoms with Gasteiger partial charge in [0.2, 0.25) is 5.91 Å². The molecule has 2 atom stereocenters. The lowest BCUT2D eigenvalue weighted by molar-refractivity contribution is -0.119. The Labute approximate surface area is 74.5 Å². The third-order valence-electron chi connectivity index (χ3n) is 3.72. The summed E-state index contributed by atoms with van der Waals surface area (Å²) >= 11 is 0. The number of primary amides is 1. The fraction of sp³-hybridized carbons (Fsp3) is 0.900. The van der Waals surface area contributed by atoms with Gasteiger partial charge in [-0.15, -0.1) is 0 Å². The molecule has 0 spiro atoms. The second kappa shape index (κ2) is 3.08. The molecule has 0 aromatic carbocycles. The average Bonchev–Trinajstić information content (AvgIpc) is 2.15. The maximum absolute atomic E-state index is 10.8. The molecular formula is C10H19NO. The van der Waals surface area contributed by atoms with E-state index in [0.717, 1.165) is 12.3 Å². The molecule has 0 aliphatic heterocycles. The predicted octanol–water partition coefficient (Wildman–Crippen LogP) is 1.93. The van der Waals surface area contributed by atoms with Gasteiger partial charge in [0, 0.05) is 6.42 Å². The van der Waals surface area contributed by atoms with Gasteiger partial charge in [0.15, 0.2) is 0 Å². The summed E-state index contributed by atoms with van der Waals surface area (Å²) in [5, 5.41) is 0. The van der Waals surface area contributed by atoms with E-state index in [1.807, 2.05) is 0 Å². The zero-order chi connectivity index (χ0) is 9.35. The first-order valence-electron chi connectivity index (χ1n) is 4.73. The summed E-state index contributed by atoms with van der Waals surface area (Å²) in [5.41, 5.74) is 5.50. The Morgan fingerprint density at radius 2 is 2.08 bits per heavy atom. The van der Waals surface area contributed by atoms with Crippen molar-refractivity contribution in [2.75, 3.05) is 0 Å². The minimum absolute atomic E-state index is 0.151. The molecule has 1 saturated carbocycles. The van der Waals surface area contributed by atoms with E-state index < -0.39 is 0 Å². The minimum atomic E-state index is -0.151. The molecule has 0 saturated heterocycles. The number of hydrogen-bond donors (Lipinski definition) is 1. The van der Waals surface area contributed by atoms with E-state index in [9.17, 15) is 4.79 Å². The topological polar surface area (TPSA) is 43.1 Å². The van der Waals surface area contributed by atoms with Crippen molar-refractivity contribution >= 4 is 5.91 Å². The second-order valence-corrected chi connectivity index (χ2v) is 4.67. The largest absolute Gasteiger partial charge is 0.370 e. The summed E-state index contributed by atoms with van der Waals surface area (Å²) in [6.07, 6.45) is 2.97. The molecule has 2 nitrogen and oxygen atoms in total. The van der Waals surface area contributed by atoms with E-state index in [0.29, 0.717) is 17.8 Å². The van der Waals surface area contributed by atoms with Gasteiger partial charge in [0.25, 0.3) is 0 Å². The molecule has 70 valence electrons. The van der Waals surface area contributed by atoms with Crippen LogP contribution in [-0.2, 0) is 4.79 Å². The molecular weight excluding hydrogens is 150 g/mol. The zero-order valence-electron chi connectivity index (χ0n) is 8.26. The molecule has 2 heteroatoms.